The minimum absolute atomic E-state index is 0.225. The van der Waals surface area contributed by atoms with Crippen LogP contribution in [0.15, 0.2) is 0 Å². The van der Waals surface area contributed by atoms with Crippen molar-refractivity contribution in [2.75, 3.05) is 6.54 Å². The van der Waals surface area contributed by atoms with Crippen LogP contribution in [-0.4, -0.2) is 29.8 Å². The largest absolute Gasteiger partial charge is 0.445 e. The Kier molecular flexibility index (Phi) is 4.87. The van der Waals surface area contributed by atoms with Gasteiger partial charge in [0.05, 0.1) is 12.6 Å². The Balaban J connectivity index is 4.07. The van der Waals surface area contributed by atoms with Crippen LogP contribution in [0.4, 0.5) is 4.79 Å². The fraction of sp³-hybridized carbons (Fsp3) is 0.750. The number of hydroxylamine groups is 2. The van der Waals surface area contributed by atoms with Crippen molar-refractivity contribution >= 4 is 12.1 Å². The summed E-state index contributed by atoms with van der Waals surface area (Å²) in [4.78, 5) is 26.3. The average Bonchev–Trinajstić information content (AvgIpc) is 1.98. The summed E-state index contributed by atoms with van der Waals surface area (Å²) >= 11 is 0. The molecule has 0 aliphatic heterocycles. The van der Waals surface area contributed by atoms with E-state index in [0.29, 0.717) is 0 Å². The second-order valence-electron chi connectivity index (χ2n) is 2.71. The van der Waals surface area contributed by atoms with E-state index in [-0.39, 0.29) is 12.6 Å². The van der Waals surface area contributed by atoms with E-state index < -0.39 is 12.1 Å². The molecule has 0 aromatic carbocycles. The summed E-state index contributed by atoms with van der Waals surface area (Å²) in [6.07, 6.45) is -0.871. The number of carbonyl (C=O) groups is 2. The van der Waals surface area contributed by atoms with E-state index in [1.54, 1.807) is 20.8 Å². The predicted molar refractivity (Wildman–Crippen MR) is 45.8 cm³/mol. The fourth-order valence-electron chi connectivity index (χ4n) is 0.647. The number of nitrogens with zero attached hydrogens (tertiary/aromatic N) is 1. The Morgan fingerprint density at radius 3 is 2.23 bits per heavy atom. The smallest absolute Gasteiger partial charge is 0.443 e. The van der Waals surface area contributed by atoms with Gasteiger partial charge >= 0.3 is 12.1 Å². The van der Waals surface area contributed by atoms with Crippen molar-refractivity contribution in [3.05, 3.63) is 0 Å². The zero-order valence-corrected chi connectivity index (χ0v) is 8.36. The normalized spacial score (nSPS) is 9.62. The van der Waals surface area contributed by atoms with Crippen LogP contribution in [0.2, 0.25) is 0 Å². The third kappa shape index (κ3) is 5.05. The molecule has 0 unspecified atom stereocenters. The molecule has 0 rings (SSSR count). The van der Waals surface area contributed by atoms with Crippen molar-refractivity contribution in [2.24, 2.45) is 0 Å². The summed E-state index contributed by atoms with van der Waals surface area (Å²) < 4.78 is 4.81. The maximum absolute atomic E-state index is 11.1. The summed E-state index contributed by atoms with van der Waals surface area (Å²) in [5, 5.41) is 0.877. The van der Waals surface area contributed by atoms with E-state index in [0.717, 1.165) is 5.06 Å². The first-order valence-corrected chi connectivity index (χ1v) is 4.14. The van der Waals surface area contributed by atoms with Gasteiger partial charge < -0.3 is 9.57 Å². The molecule has 1 amide bonds. The van der Waals surface area contributed by atoms with Gasteiger partial charge in [-0.25, -0.2) is 4.79 Å². The molecule has 0 aromatic heterocycles. The van der Waals surface area contributed by atoms with Crippen LogP contribution in [0.5, 0.6) is 0 Å². The molecule has 0 N–H and O–H groups in total. The molecule has 0 bridgehead atoms. The zero-order chi connectivity index (χ0) is 10.4. The number of amides is 1. The monoisotopic (exact) mass is 189 g/mol. The van der Waals surface area contributed by atoms with Gasteiger partial charge in [0.25, 0.3) is 0 Å². The number of rotatable bonds is 2. The Hall–Kier alpha value is -1.26. The second-order valence-corrected chi connectivity index (χ2v) is 2.71. The van der Waals surface area contributed by atoms with Gasteiger partial charge in [-0.15, -0.1) is 5.06 Å². The van der Waals surface area contributed by atoms with Gasteiger partial charge in [-0.3, -0.25) is 4.79 Å². The lowest BCUT2D eigenvalue weighted by molar-refractivity contribution is -0.179. The quantitative estimate of drug-likeness (QED) is 0.615. The summed E-state index contributed by atoms with van der Waals surface area (Å²) in [6.45, 7) is 6.62. The lowest BCUT2D eigenvalue weighted by Gasteiger charge is -2.19. The minimum atomic E-state index is -0.646. The van der Waals surface area contributed by atoms with E-state index in [4.69, 9.17) is 4.74 Å². The molecule has 0 aliphatic rings. The van der Waals surface area contributed by atoms with Crippen LogP contribution in [0.25, 0.3) is 0 Å². The van der Waals surface area contributed by atoms with Gasteiger partial charge in [-0.2, -0.15) is 0 Å². The first-order chi connectivity index (χ1) is 5.97. The number of carbonyl (C=O) groups excluding carboxylic acids is 2. The number of hydrogen-bond donors (Lipinski definition) is 0. The summed E-state index contributed by atoms with van der Waals surface area (Å²) in [5.74, 6) is -0.539. The molecule has 5 heteroatoms. The molecule has 0 spiro atoms. The second kappa shape index (κ2) is 5.40. The molecule has 0 heterocycles. The Morgan fingerprint density at radius 1 is 1.38 bits per heavy atom. The highest BCUT2D eigenvalue weighted by atomic mass is 16.8. The predicted octanol–water partition coefficient (Wildman–Crippen LogP) is 1.33. The van der Waals surface area contributed by atoms with E-state index in [9.17, 15) is 9.59 Å². The van der Waals surface area contributed by atoms with Crippen molar-refractivity contribution < 1.29 is 19.2 Å². The Labute approximate surface area is 77.6 Å². The summed E-state index contributed by atoms with van der Waals surface area (Å²) in [7, 11) is 0. The summed E-state index contributed by atoms with van der Waals surface area (Å²) in [6, 6.07) is 0. The van der Waals surface area contributed by atoms with E-state index in [1.807, 2.05) is 0 Å². The Morgan fingerprint density at radius 2 is 1.92 bits per heavy atom. The highest BCUT2D eigenvalue weighted by Gasteiger charge is 2.17. The van der Waals surface area contributed by atoms with E-state index >= 15 is 0 Å². The molecule has 0 radical (unpaired) electrons. The van der Waals surface area contributed by atoms with Crippen molar-refractivity contribution in [1.82, 2.24) is 5.06 Å². The highest BCUT2D eigenvalue weighted by molar-refractivity contribution is 5.71. The van der Waals surface area contributed by atoms with Crippen LogP contribution < -0.4 is 0 Å². The Bertz CT molecular complexity index is 191. The molecule has 0 saturated heterocycles. The maximum Gasteiger partial charge on any atom is 0.443 e. The number of hydrogen-bond acceptors (Lipinski definition) is 4. The standard InChI is InChI=1S/C8H15NO4/c1-5-9(13-7(4)10)8(11)12-6(2)3/h6H,5H2,1-4H3. The van der Waals surface area contributed by atoms with Gasteiger partial charge in [-0.1, -0.05) is 0 Å². The molecule has 0 saturated carbocycles. The fourth-order valence-corrected chi connectivity index (χ4v) is 0.647. The third-order valence-corrected chi connectivity index (χ3v) is 1.07. The minimum Gasteiger partial charge on any atom is -0.445 e. The van der Waals surface area contributed by atoms with Crippen molar-refractivity contribution in [3.63, 3.8) is 0 Å². The molecular weight excluding hydrogens is 174 g/mol. The van der Waals surface area contributed by atoms with Crippen LogP contribution in [-0.2, 0) is 14.4 Å². The van der Waals surface area contributed by atoms with Gasteiger partial charge in [-0.05, 0) is 20.8 Å². The van der Waals surface area contributed by atoms with Crippen LogP contribution in [0.1, 0.15) is 27.7 Å². The zero-order valence-electron chi connectivity index (χ0n) is 8.36. The van der Waals surface area contributed by atoms with Crippen molar-refractivity contribution in [3.8, 4) is 0 Å². The van der Waals surface area contributed by atoms with E-state index in [1.165, 1.54) is 6.92 Å². The van der Waals surface area contributed by atoms with Crippen LogP contribution in [0, 0.1) is 0 Å². The first kappa shape index (κ1) is 11.7. The third-order valence-electron chi connectivity index (χ3n) is 1.07. The first-order valence-electron chi connectivity index (χ1n) is 4.14. The maximum atomic E-state index is 11.1. The molecule has 5 nitrogen and oxygen atoms in total. The molecular formula is C8H15NO4. The van der Waals surface area contributed by atoms with E-state index in [2.05, 4.69) is 4.84 Å². The molecule has 0 atom stereocenters. The van der Waals surface area contributed by atoms with Gasteiger partial charge in [0, 0.05) is 6.92 Å². The highest BCUT2D eigenvalue weighted by Crippen LogP contribution is 1.99. The van der Waals surface area contributed by atoms with Crippen molar-refractivity contribution in [1.29, 1.82) is 0 Å². The molecule has 13 heavy (non-hydrogen) atoms. The topological polar surface area (TPSA) is 55.8 Å². The van der Waals surface area contributed by atoms with Gasteiger partial charge in [0.2, 0.25) is 0 Å². The number of ether oxygens (including phenoxy) is 1. The van der Waals surface area contributed by atoms with Crippen LogP contribution in [0.3, 0.4) is 0 Å². The molecule has 76 valence electrons. The van der Waals surface area contributed by atoms with Gasteiger partial charge in [0.15, 0.2) is 0 Å². The lowest BCUT2D eigenvalue weighted by atomic mass is 10.5. The van der Waals surface area contributed by atoms with Gasteiger partial charge in [0.1, 0.15) is 0 Å². The molecule has 0 fully saturated rings. The van der Waals surface area contributed by atoms with Crippen molar-refractivity contribution in [2.45, 2.75) is 33.8 Å². The summed E-state index contributed by atoms with van der Waals surface area (Å²) in [5.41, 5.74) is 0. The molecule has 0 aliphatic carbocycles. The SMILES string of the molecule is CCN(OC(C)=O)C(=O)OC(C)C. The average molecular weight is 189 g/mol. The van der Waals surface area contributed by atoms with Crippen LogP contribution >= 0.6 is 0 Å². The molecule has 0 aromatic rings. The lowest BCUT2D eigenvalue weighted by Crippen LogP contribution is -2.34.